The van der Waals surface area contributed by atoms with Gasteiger partial charge < -0.3 is 0 Å². The van der Waals surface area contributed by atoms with Crippen molar-refractivity contribution < 1.29 is 4.39 Å². The van der Waals surface area contributed by atoms with E-state index in [-0.39, 0.29) is 5.82 Å². The van der Waals surface area contributed by atoms with Gasteiger partial charge in [-0.1, -0.05) is 66.2 Å². The van der Waals surface area contributed by atoms with Gasteiger partial charge >= 0.3 is 0 Å². The van der Waals surface area contributed by atoms with Crippen molar-refractivity contribution in [1.82, 2.24) is 0 Å². The summed E-state index contributed by atoms with van der Waals surface area (Å²) in [7, 11) is 0. The van der Waals surface area contributed by atoms with E-state index in [4.69, 9.17) is 0 Å². The molecule has 0 unspecified atom stereocenters. The Morgan fingerprint density at radius 3 is 1.42 bits per heavy atom. The number of hydrogen-bond donors (Lipinski definition) is 0. The summed E-state index contributed by atoms with van der Waals surface area (Å²) in [5, 5.41) is 2.40. The average molecular weight is 312 g/mol. The van der Waals surface area contributed by atoms with Gasteiger partial charge in [0.05, 0.1) is 0 Å². The number of fused-ring (bicyclic) bond motifs is 1. The summed E-state index contributed by atoms with van der Waals surface area (Å²) in [5.41, 5.74) is 5.84. The van der Waals surface area contributed by atoms with E-state index in [1.54, 1.807) is 0 Å². The van der Waals surface area contributed by atoms with Crippen molar-refractivity contribution in [2.75, 3.05) is 0 Å². The molecule has 0 bridgehead atoms. The molecule has 0 amide bonds. The molecule has 0 N–H and O–H groups in total. The molecule has 0 aliphatic heterocycles. The SMILES string of the molecule is Cc1ccc(-c2ccc3cc(-c4ccc(F)cc4)ccc3c2)cc1. The first-order valence-electron chi connectivity index (χ1n) is 8.06. The molecule has 0 radical (unpaired) electrons. The smallest absolute Gasteiger partial charge is 0.123 e. The fraction of sp³-hybridized carbons (Fsp3) is 0.0435. The minimum atomic E-state index is -0.206. The third kappa shape index (κ3) is 2.81. The van der Waals surface area contributed by atoms with Crippen molar-refractivity contribution in [3.05, 3.63) is 96.3 Å². The molecular formula is C23H17F. The van der Waals surface area contributed by atoms with E-state index in [1.807, 2.05) is 12.1 Å². The van der Waals surface area contributed by atoms with E-state index in [1.165, 1.54) is 39.6 Å². The standard InChI is InChI=1S/C23H17F/c1-16-2-4-17(5-3-16)19-6-8-22-15-20(7-9-21(22)14-19)18-10-12-23(24)13-11-18/h2-15H,1H3. The first kappa shape index (κ1) is 14.6. The number of aryl methyl sites for hydroxylation is 1. The van der Waals surface area contributed by atoms with Crippen LogP contribution in [0.15, 0.2) is 84.9 Å². The highest BCUT2D eigenvalue weighted by Crippen LogP contribution is 2.28. The summed E-state index contributed by atoms with van der Waals surface area (Å²) in [6.45, 7) is 2.10. The van der Waals surface area contributed by atoms with Crippen LogP contribution in [0.2, 0.25) is 0 Å². The predicted octanol–water partition coefficient (Wildman–Crippen LogP) is 6.62. The maximum atomic E-state index is 13.1. The normalized spacial score (nSPS) is 10.9. The van der Waals surface area contributed by atoms with Crippen LogP contribution in [0.4, 0.5) is 4.39 Å². The molecule has 4 rings (SSSR count). The molecular weight excluding hydrogens is 295 g/mol. The van der Waals surface area contributed by atoms with Crippen LogP contribution in [-0.4, -0.2) is 0 Å². The summed E-state index contributed by atoms with van der Waals surface area (Å²) in [6.07, 6.45) is 0. The van der Waals surface area contributed by atoms with E-state index in [9.17, 15) is 4.39 Å². The lowest BCUT2D eigenvalue weighted by Crippen LogP contribution is -1.82. The summed E-state index contributed by atoms with van der Waals surface area (Å²) in [6, 6.07) is 28.1. The zero-order valence-corrected chi connectivity index (χ0v) is 13.5. The van der Waals surface area contributed by atoms with Crippen LogP contribution >= 0.6 is 0 Å². The van der Waals surface area contributed by atoms with E-state index in [0.717, 1.165) is 11.1 Å². The summed E-state index contributed by atoms with van der Waals surface area (Å²) in [4.78, 5) is 0. The minimum Gasteiger partial charge on any atom is -0.207 e. The fourth-order valence-electron chi connectivity index (χ4n) is 2.99. The molecule has 4 aromatic rings. The Morgan fingerprint density at radius 2 is 0.917 bits per heavy atom. The van der Waals surface area contributed by atoms with Crippen molar-refractivity contribution in [3.8, 4) is 22.3 Å². The fourth-order valence-corrected chi connectivity index (χ4v) is 2.99. The number of rotatable bonds is 2. The topological polar surface area (TPSA) is 0 Å². The zero-order chi connectivity index (χ0) is 16.5. The van der Waals surface area contributed by atoms with Gasteiger partial charge in [0.25, 0.3) is 0 Å². The Hall–Kier alpha value is -2.93. The lowest BCUT2D eigenvalue weighted by atomic mass is 9.97. The predicted molar refractivity (Wildman–Crippen MR) is 99.5 cm³/mol. The summed E-state index contributed by atoms with van der Waals surface area (Å²) in [5.74, 6) is -0.206. The molecule has 0 atom stereocenters. The van der Waals surface area contributed by atoms with Crippen molar-refractivity contribution in [2.45, 2.75) is 6.92 Å². The molecule has 0 aliphatic carbocycles. The number of benzene rings is 4. The third-order valence-corrected chi connectivity index (χ3v) is 4.40. The zero-order valence-electron chi connectivity index (χ0n) is 13.5. The van der Waals surface area contributed by atoms with Crippen molar-refractivity contribution >= 4 is 10.8 Å². The lowest BCUT2D eigenvalue weighted by Gasteiger charge is -2.07. The van der Waals surface area contributed by atoms with E-state index in [0.29, 0.717) is 0 Å². The molecule has 0 spiro atoms. The van der Waals surface area contributed by atoms with E-state index >= 15 is 0 Å². The first-order chi connectivity index (χ1) is 11.7. The Labute approximate surface area is 141 Å². The van der Waals surface area contributed by atoms with E-state index in [2.05, 4.69) is 67.6 Å². The number of halogens is 1. The van der Waals surface area contributed by atoms with Gasteiger partial charge in [0, 0.05) is 0 Å². The van der Waals surface area contributed by atoms with Crippen LogP contribution < -0.4 is 0 Å². The average Bonchev–Trinajstić information content (AvgIpc) is 2.62. The van der Waals surface area contributed by atoms with Gasteiger partial charge in [0.2, 0.25) is 0 Å². The Bertz CT molecular complexity index is 912. The molecule has 0 saturated carbocycles. The first-order valence-corrected chi connectivity index (χ1v) is 8.06. The molecule has 4 aromatic carbocycles. The van der Waals surface area contributed by atoms with Crippen molar-refractivity contribution in [2.24, 2.45) is 0 Å². The maximum absolute atomic E-state index is 13.1. The molecule has 116 valence electrons. The van der Waals surface area contributed by atoms with Crippen LogP contribution in [0.5, 0.6) is 0 Å². The Morgan fingerprint density at radius 1 is 0.500 bits per heavy atom. The van der Waals surface area contributed by atoms with Crippen LogP contribution in [0.3, 0.4) is 0 Å². The molecule has 0 saturated heterocycles. The molecule has 0 aromatic heterocycles. The van der Waals surface area contributed by atoms with Gasteiger partial charge in [-0.15, -0.1) is 0 Å². The van der Waals surface area contributed by atoms with Gasteiger partial charge in [0.1, 0.15) is 5.82 Å². The molecule has 0 nitrogen and oxygen atoms in total. The lowest BCUT2D eigenvalue weighted by molar-refractivity contribution is 0.628. The summed E-state index contributed by atoms with van der Waals surface area (Å²) < 4.78 is 13.1. The van der Waals surface area contributed by atoms with Crippen LogP contribution in [-0.2, 0) is 0 Å². The van der Waals surface area contributed by atoms with Crippen LogP contribution in [0, 0.1) is 12.7 Å². The highest BCUT2D eigenvalue weighted by atomic mass is 19.1. The van der Waals surface area contributed by atoms with Crippen molar-refractivity contribution in [1.29, 1.82) is 0 Å². The van der Waals surface area contributed by atoms with Gasteiger partial charge in [-0.05, 0) is 64.2 Å². The second kappa shape index (κ2) is 5.93. The molecule has 0 aliphatic rings. The molecule has 24 heavy (non-hydrogen) atoms. The minimum absolute atomic E-state index is 0.206. The quantitative estimate of drug-likeness (QED) is 0.390. The summed E-state index contributed by atoms with van der Waals surface area (Å²) >= 11 is 0. The Kier molecular flexibility index (Phi) is 3.62. The maximum Gasteiger partial charge on any atom is 0.123 e. The van der Waals surface area contributed by atoms with Gasteiger partial charge in [-0.2, -0.15) is 0 Å². The Balaban J connectivity index is 1.75. The molecule has 1 heteroatoms. The number of hydrogen-bond acceptors (Lipinski definition) is 0. The van der Waals surface area contributed by atoms with Crippen LogP contribution in [0.1, 0.15) is 5.56 Å². The molecule has 0 heterocycles. The van der Waals surface area contributed by atoms with Gasteiger partial charge in [-0.3, -0.25) is 0 Å². The highest BCUT2D eigenvalue weighted by Gasteiger charge is 2.03. The monoisotopic (exact) mass is 312 g/mol. The largest absolute Gasteiger partial charge is 0.207 e. The second-order valence-corrected chi connectivity index (χ2v) is 6.15. The second-order valence-electron chi connectivity index (χ2n) is 6.15. The van der Waals surface area contributed by atoms with Crippen LogP contribution in [0.25, 0.3) is 33.0 Å². The van der Waals surface area contributed by atoms with Crippen molar-refractivity contribution in [3.63, 3.8) is 0 Å². The molecule has 0 fully saturated rings. The van der Waals surface area contributed by atoms with Gasteiger partial charge in [-0.25, -0.2) is 4.39 Å². The van der Waals surface area contributed by atoms with E-state index < -0.39 is 0 Å². The third-order valence-electron chi connectivity index (χ3n) is 4.40. The highest BCUT2D eigenvalue weighted by molar-refractivity contribution is 5.90. The van der Waals surface area contributed by atoms with Gasteiger partial charge in [0.15, 0.2) is 0 Å².